The molecule has 2 rings (SSSR count). The predicted octanol–water partition coefficient (Wildman–Crippen LogP) is 2.56. The number of hydrogen-bond acceptors (Lipinski definition) is 4. The molecule has 4 nitrogen and oxygen atoms in total. The van der Waals surface area contributed by atoms with E-state index < -0.39 is 0 Å². The fourth-order valence-electron chi connectivity index (χ4n) is 2.81. The molecule has 4 N–H and O–H groups in total. The minimum Gasteiger partial charge on any atom is -0.462 e. The van der Waals surface area contributed by atoms with Gasteiger partial charge in [-0.15, -0.1) is 0 Å². The van der Waals surface area contributed by atoms with E-state index in [-0.39, 0.29) is 11.5 Å². The molecule has 0 amide bonds. The molecular formula is C15H22N2O2. The van der Waals surface area contributed by atoms with Crippen LogP contribution in [0.1, 0.15) is 54.9 Å². The Labute approximate surface area is 114 Å². The molecule has 0 aromatic heterocycles. The zero-order valence-corrected chi connectivity index (χ0v) is 11.4. The minimum atomic E-state index is -0.338. The SMILES string of the molecule is CCOC(=O)c1ccc(C2(N)CCCCC2)c(N)c1. The summed E-state index contributed by atoms with van der Waals surface area (Å²) in [4.78, 5) is 11.7. The Morgan fingerprint density at radius 3 is 2.58 bits per heavy atom. The fraction of sp³-hybridized carbons (Fsp3) is 0.533. The molecule has 1 aliphatic rings. The summed E-state index contributed by atoms with van der Waals surface area (Å²) in [5.41, 5.74) is 14.3. The Balaban J connectivity index is 2.26. The van der Waals surface area contributed by atoms with E-state index in [9.17, 15) is 4.79 Å². The van der Waals surface area contributed by atoms with Crippen molar-refractivity contribution in [3.05, 3.63) is 29.3 Å². The lowest BCUT2D eigenvalue weighted by Gasteiger charge is -2.34. The van der Waals surface area contributed by atoms with Gasteiger partial charge in [-0.3, -0.25) is 0 Å². The smallest absolute Gasteiger partial charge is 0.338 e. The topological polar surface area (TPSA) is 78.3 Å². The molecular weight excluding hydrogens is 240 g/mol. The van der Waals surface area contributed by atoms with Gasteiger partial charge in [0.25, 0.3) is 0 Å². The average molecular weight is 262 g/mol. The summed E-state index contributed by atoms with van der Waals surface area (Å²) in [5, 5.41) is 0. The van der Waals surface area contributed by atoms with Crippen molar-refractivity contribution in [3.8, 4) is 0 Å². The molecule has 0 atom stereocenters. The van der Waals surface area contributed by atoms with Crippen LogP contribution in [0.5, 0.6) is 0 Å². The van der Waals surface area contributed by atoms with Gasteiger partial charge >= 0.3 is 5.97 Å². The Bertz CT molecular complexity index is 465. The first kappa shape index (κ1) is 13.9. The highest BCUT2D eigenvalue weighted by atomic mass is 16.5. The third-order valence-electron chi connectivity index (χ3n) is 3.84. The third-order valence-corrected chi connectivity index (χ3v) is 3.84. The minimum absolute atomic E-state index is 0.338. The number of nitrogen functional groups attached to an aromatic ring is 1. The van der Waals surface area contributed by atoms with Crippen LogP contribution in [0.4, 0.5) is 5.69 Å². The van der Waals surface area contributed by atoms with E-state index in [1.807, 2.05) is 6.07 Å². The maximum atomic E-state index is 11.7. The maximum absolute atomic E-state index is 11.7. The van der Waals surface area contributed by atoms with Gasteiger partial charge in [0.15, 0.2) is 0 Å². The van der Waals surface area contributed by atoms with Gasteiger partial charge in [0.05, 0.1) is 12.2 Å². The van der Waals surface area contributed by atoms with Crippen LogP contribution in [0.3, 0.4) is 0 Å². The van der Waals surface area contributed by atoms with Crippen LogP contribution in [0.2, 0.25) is 0 Å². The molecule has 4 heteroatoms. The lowest BCUT2D eigenvalue weighted by atomic mass is 9.76. The lowest BCUT2D eigenvalue weighted by Crippen LogP contribution is -2.39. The normalized spacial score (nSPS) is 18.0. The Morgan fingerprint density at radius 1 is 1.32 bits per heavy atom. The van der Waals surface area contributed by atoms with Crippen molar-refractivity contribution in [1.29, 1.82) is 0 Å². The molecule has 0 heterocycles. The number of nitrogens with two attached hydrogens (primary N) is 2. The van der Waals surface area contributed by atoms with Crippen LogP contribution >= 0.6 is 0 Å². The van der Waals surface area contributed by atoms with Crippen molar-refractivity contribution in [2.24, 2.45) is 5.73 Å². The molecule has 0 unspecified atom stereocenters. The predicted molar refractivity (Wildman–Crippen MR) is 75.8 cm³/mol. The first-order chi connectivity index (χ1) is 9.07. The lowest BCUT2D eigenvalue weighted by molar-refractivity contribution is 0.0526. The van der Waals surface area contributed by atoms with Crippen molar-refractivity contribution < 1.29 is 9.53 Å². The van der Waals surface area contributed by atoms with Crippen LogP contribution in [0.25, 0.3) is 0 Å². The summed E-state index contributed by atoms with van der Waals surface area (Å²) in [7, 11) is 0. The van der Waals surface area contributed by atoms with Crippen LogP contribution in [0, 0.1) is 0 Å². The van der Waals surface area contributed by atoms with E-state index in [2.05, 4.69) is 0 Å². The average Bonchev–Trinajstić information content (AvgIpc) is 2.39. The van der Waals surface area contributed by atoms with Crippen LogP contribution in [-0.2, 0) is 10.3 Å². The highest BCUT2D eigenvalue weighted by Gasteiger charge is 2.31. The first-order valence-corrected chi connectivity index (χ1v) is 6.93. The summed E-state index contributed by atoms with van der Waals surface area (Å²) < 4.78 is 4.97. The number of benzene rings is 1. The standard InChI is InChI=1S/C15H22N2O2/c1-2-19-14(18)11-6-7-12(13(16)10-11)15(17)8-4-3-5-9-15/h6-7,10H,2-5,8-9,16-17H2,1H3. The van der Waals surface area contributed by atoms with E-state index in [1.54, 1.807) is 19.1 Å². The number of rotatable bonds is 3. The molecule has 104 valence electrons. The van der Waals surface area contributed by atoms with E-state index >= 15 is 0 Å². The second kappa shape index (κ2) is 5.61. The Hall–Kier alpha value is -1.55. The second-order valence-electron chi connectivity index (χ2n) is 5.24. The highest BCUT2D eigenvalue weighted by Crippen LogP contribution is 2.37. The number of hydrogen-bond donors (Lipinski definition) is 2. The first-order valence-electron chi connectivity index (χ1n) is 6.93. The molecule has 19 heavy (non-hydrogen) atoms. The number of esters is 1. The van der Waals surface area contributed by atoms with Crippen LogP contribution < -0.4 is 11.5 Å². The summed E-state index contributed by atoms with van der Waals surface area (Å²) in [6.45, 7) is 2.15. The molecule has 0 spiro atoms. The van der Waals surface area contributed by atoms with Crippen molar-refractivity contribution in [2.45, 2.75) is 44.6 Å². The van der Waals surface area contributed by atoms with Crippen LogP contribution in [0.15, 0.2) is 18.2 Å². The number of carbonyl (C=O) groups is 1. The van der Waals surface area contributed by atoms with Crippen molar-refractivity contribution in [3.63, 3.8) is 0 Å². The maximum Gasteiger partial charge on any atom is 0.338 e. The summed E-state index contributed by atoms with van der Waals surface area (Å²) in [5.74, 6) is -0.338. The van der Waals surface area contributed by atoms with Gasteiger partial charge in [0.1, 0.15) is 0 Å². The largest absolute Gasteiger partial charge is 0.462 e. The molecule has 1 aromatic rings. The van der Waals surface area contributed by atoms with Gasteiger partial charge in [-0.25, -0.2) is 4.79 Å². The van der Waals surface area contributed by atoms with Crippen LogP contribution in [-0.4, -0.2) is 12.6 Å². The summed E-state index contributed by atoms with van der Waals surface area (Å²) in [6.07, 6.45) is 5.41. The highest BCUT2D eigenvalue weighted by molar-refractivity contribution is 5.90. The van der Waals surface area contributed by atoms with Gasteiger partial charge in [-0.2, -0.15) is 0 Å². The second-order valence-corrected chi connectivity index (χ2v) is 5.24. The Kier molecular flexibility index (Phi) is 4.10. The molecule has 1 saturated carbocycles. The van der Waals surface area contributed by atoms with E-state index in [0.717, 1.165) is 31.2 Å². The molecule has 0 saturated heterocycles. The molecule has 0 bridgehead atoms. The number of carbonyl (C=O) groups excluding carboxylic acids is 1. The van der Waals surface area contributed by atoms with Gasteiger partial charge in [-0.05, 0) is 37.5 Å². The summed E-state index contributed by atoms with van der Waals surface area (Å²) >= 11 is 0. The Morgan fingerprint density at radius 2 is 2.00 bits per heavy atom. The quantitative estimate of drug-likeness (QED) is 0.648. The molecule has 1 aromatic carbocycles. The van der Waals surface area contributed by atoms with Gasteiger partial charge in [-0.1, -0.05) is 25.3 Å². The van der Waals surface area contributed by atoms with E-state index in [0.29, 0.717) is 17.9 Å². The van der Waals surface area contributed by atoms with Crippen molar-refractivity contribution in [1.82, 2.24) is 0 Å². The van der Waals surface area contributed by atoms with E-state index in [4.69, 9.17) is 16.2 Å². The van der Waals surface area contributed by atoms with E-state index in [1.165, 1.54) is 6.42 Å². The molecule has 1 aliphatic carbocycles. The molecule has 0 aliphatic heterocycles. The fourth-order valence-corrected chi connectivity index (χ4v) is 2.81. The number of ether oxygens (including phenoxy) is 1. The number of anilines is 1. The summed E-state index contributed by atoms with van der Waals surface area (Å²) in [6, 6.07) is 5.32. The van der Waals surface area contributed by atoms with Gasteiger partial charge in [0, 0.05) is 11.2 Å². The molecule has 1 fully saturated rings. The van der Waals surface area contributed by atoms with Crippen molar-refractivity contribution >= 4 is 11.7 Å². The van der Waals surface area contributed by atoms with Gasteiger partial charge < -0.3 is 16.2 Å². The third kappa shape index (κ3) is 2.89. The molecule has 0 radical (unpaired) electrons. The van der Waals surface area contributed by atoms with Crippen molar-refractivity contribution in [2.75, 3.05) is 12.3 Å². The zero-order valence-electron chi connectivity index (χ0n) is 11.4. The monoisotopic (exact) mass is 262 g/mol. The zero-order chi connectivity index (χ0) is 13.9. The van der Waals surface area contributed by atoms with Gasteiger partial charge in [0.2, 0.25) is 0 Å².